The second-order valence-electron chi connectivity index (χ2n) is 6.54. The first-order chi connectivity index (χ1) is 11.9. The lowest BCUT2D eigenvalue weighted by Crippen LogP contribution is -2.31. The number of aryl methyl sites for hydroxylation is 2. The number of aromatic nitrogens is 4. The van der Waals surface area contributed by atoms with E-state index in [0.29, 0.717) is 13.1 Å². The molecule has 0 unspecified atom stereocenters. The quantitative estimate of drug-likeness (QED) is 0.897. The Balaban J connectivity index is 1.61. The van der Waals surface area contributed by atoms with Gasteiger partial charge < -0.3 is 10.2 Å². The number of nitrogens with one attached hydrogen (secondary N) is 1. The SMILES string of the molecule is CC(=O)N1CCCn2nc(CNC(=O)[C@@H](C)n3cc(C)cn3)cc2C1. The third kappa shape index (κ3) is 3.89. The maximum Gasteiger partial charge on any atom is 0.244 e. The highest BCUT2D eigenvalue weighted by Crippen LogP contribution is 2.14. The van der Waals surface area contributed by atoms with Crippen molar-refractivity contribution in [2.45, 2.75) is 52.9 Å². The average Bonchev–Trinajstić information content (AvgIpc) is 3.12. The van der Waals surface area contributed by atoms with E-state index in [4.69, 9.17) is 0 Å². The summed E-state index contributed by atoms with van der Waals surface area (Å²) in [5.74, 6) is -0.0236. The van der Waals surface area contributed by atoms with Crippen molar-refractivity contribution >= 4 is 11.8 Å². The van der Waals surface area contributed by atoms with E-state index in [1.165, 1.54) is 0 Å². The Labute approximate surface area is 146 Å². The lowest BCUT2D eigenvalue weighted by molar-refractivity contribution is -0.129. The van der Waals surface area contributed by atoms with Gasteiger partial charge in [0.25, 0.3) is 0 Å². The van der Waals surface area contributed by atoms with Crippen LogP contribution in [0.4, 0.5) is 0 Å². The smallest absolute Gasteiger partial charge is 0.244 e. The van der Waals surface area contributed by atoms with Gasteiger partial charge in [-0.1, -0.05) is 0 Å². The molecule has 0 bridgehead atoms. The van der Waals surface area contributed by atoms with Crippen molar-refractivity contribution in [1.29, 1.82) is 0 Å². The van der Waals surface area contributed by atoms with Crippen LogP contribution < -0.4 is 5.32 Å². The van der Waals surface area contributed by atoms with Crippen LogP contribution in [0.5, 0.6) is 0 Å². The number of rotatable bonds is 4. The van der Waals surface area contributed by atoms with Gasteiger partial charge in [-0.2, -0.15) is 10.2 Å². The number of fused-ring (bicyclic) bond motifs is 1. The lowest BCUT2D eigenvalue weighted by atomic mass is 10.3. The van der Waals surface area contributed by atoms with Crippen molar-refractivity contribution < 1.29 is 9.59 Å². The molecule has 1 atom stereocenters. The third-order valence-electron chi connectivity index (χ3n) is 4.46. The minimum atomic E-state index is -0.373. The largest absolute Gasteiger partial charge is 0.349 e. The Morgan fingerprint density at radius 3 is 2.84 bits per heavy atom. The van der Waals surface area contributed by atoms with Crippen molar-refractivity contribution in [3.8, 4) is 0 Å². The summed E-state index contributed by atoms with van der Waals surface area (Å²) in [5, 5.41) is 11.6. The molecule has 0 fully saturated rings. The summed E-state index contributed by atoms with van der Waals surface area (Å²) in [7, 11) is 0. The summed E-state index contributed by atoms with van der Waals surface area (Å²) in [6, 6.07) is 1.59. The molecule has 25 heavy (non-hydrogen) atoms. The number of carbonyl (C=O) groups excluding carboxylic acids is 2. The second kappa shape index (κ2) is 7.08. The number of hydrogen-bond acceptors (Lipinski definition) is 4. The van der Waals surface area contributed by atoms with Gasteiger partial charge in [0.15, 0.2) is 0 Å². The number of hydrogen-bond donors (Lipinski definition) is 1. The summed E-state index contributed by atoms with van der Waals surface area (Å²) >= 11 is 0. The van der Waals surface area contributed by atoms with Gasteiger partial charge in [-0.15, -0.1) is 0 Å². The Bertz CT molecular complexity index is 778. The highest BCUT2D eigenvalue weighted by atomic mass is 16.2. The van der Waals surface area contributed by atoms with Gasteiger partial charge in [0.2, 0.25) is 11.8 Å². The maximum atomic E-state index is 12.3. The highest BCUT2D eigenvalue weighted by Gasteiger charge is 2.19. The van der Waals surface area contributed by atoms with Gasteiger partial charge in [-0.25, -0.2) is 0 Å². The van der Waals surface area contributed by atoms with E-state index in [1.54, 1.807) is 17.8 Å². The fourth-order valence-electron chi connectivity index (χ4n) is 2.97. The first kappa shape index (κ1) is 17.2. The van der Waals surface area contributed by atoms with Crippen LogP contribution in [0.2, 0.25) is 0 Å². The van der Waals surface area contributed by atoms with E-state index in [9.17, 15) is 9.59 Å². The molecule has 0 aliphatic carbocycles. The fraction of sp³-hybridized carbons (Fsp3) is 0.529. The molecular weight excluding hydrogens is 320 g/mol. The van der Waals surface area contributed by atoms with E-state index in [1.807, 2.05) is 35.7 Å². The molecule has 0 spiro atoms. The van der Waals surface area contributed by atoms with Crippen LogP contribution >= 0.6 is 0 Å². The maximum absolute atomic E-state index is 12.3. The van der Waals surface area contributed by atoms with Crippen LogP contribution in [0.1, 0.15) is 43.3 Å². The van der Waals surface area contributed by atoms with E-state index in [-0.39, 0.29) is 17.9 Å². The van der Waals surface area contributed by atoms with Gasteiger partial charge in [0.05, 0.1) is 30.7 Å². The summed E-state index contributed by atoms with van der Waals surface area (Å²) in [4.78, 5) is 25.8. The van der Waals surface area contributed by atoms with Gasteiger partial charge in [0.1, 0.15) is 6.04 Å². The van der Waals surface area contributed by atoms with Gasteiger partial charge >= 0.3 is 0 Å². The zero-order valence-electron chi connectivity index (χ0n) is 14.9. The van der Waals surface area contributed by atoms with E-state index >= 15 is 0 Å². The molecule has 3 heterocycles. The topological polar surface area (TPSA) is 85.0 Å². The van der Waals surface area contributed by atoms with E-state index < -0.39 is 0 Å². The van der Waals surface area contributed by atoms with E-state index in [2.05, 4.69) is 15.5 Å². The monoisotopic (exact) mass is 344 g/mol. The minimum absolute atomic E-state index is 0.0767. The Morgan fingerprint density at radius 1 is 1.36 bits per heavy atom. The molecule has 8 heteroatoms. The Hall–Kier alpha value is -2.64. The molecule has 2 aromatic rings. The molecule has 8 nitrogen and oxygen atoms in total. The normalized spacial score (nSPS) is 15.4. The Morgan fingerprint density at radius 2 is 2.16 bits per heavy atom. The molecule has 1 N–H and O–H groups in total. The molecule has 2 amide bonds. The van der Waals surface area contributed by atoms with Crippen molar-refractivity contribution in [3.63, 3.8) is 0 Å². The van der Waals surface area contributed by atoms with Crippen LogP contribution in [-0.4, -0.2) is 42.8 Å². The average molecular weight is 344 g/mol. The molecule has 0 radical (unpaired) electrons. The molecule has 1 aliphatic heterocycles. The number of carbonyl (C=O) groups is 2. The van der Waals surface area contributed by atoms with Crippen LogP contribution in [0.15, 0.2) is 18.5 Å². The van der Waals surface area contributed by atoms with Crippen molar-refractivity contribution in [1.82, 2.24) is 29.8 Å². The zero-order chi connectivity index (χ0) is 18.0. The van der Waals surface area contributed by atoms with Crippen LogP contribution in [0.3, 0.4) is 0 Å². The van der Waals surface area contributed by atoms with Gasteiger partial charge in [-0.05, 0) is 31.9 Å². The zero-order valence-corrected chi connectivity index (χ0v) is 14.9. The predicted molar refractivity (Wildman–Crippen MR) is 91.5 cm³/mol. The molecule has 1 aliphatic rings. The standard InChI is InChI=1S/C17H24N6O2/c1-12-8-19-23(10-12)13(2)17(25)18-9-15-7-16-11-21(14(3)24)5-4-6-22(16)20-15/h7-8,10,13H,4-6,9,11H2,1-3H3,(H,18,25)/t13-/m1/s1. The highest BCUT2D eigenvalue weighted by molar-refractivity contribution is 5.79. The predicted octanol–water partition coefficient (Wildman–Crippen LogP) is 1.02. The van der Waals surface area contributed by atoms with Crippen LogP contribution in [0, 0.1) is 6.92 Å². The molecular formula is C17H24N6O2. The third-order valence-corrected chi connectivity index (χ3v) is 4.46. The number of amides is 2. The summed E-state index contributed by atoms with van der Waals surface area (Å²) in [5.41, 5.74) is 2.83. The van der Waals surface area contributed by atoms with Gasteiger partial charge in [-0.3, -0.25) is 19.0 Å². The van der Waals surface area contributed by atoms with E-state index in [0.717, 1.165) is 36.5 Å². The fourth-order valence-corrected chi connectivity index (χ4v) is 2.97. The summed E-state index contributed by atoms with van der Waals surface area (Å²) in [6.07, 6.45) is 4.46. The van der Waals surface area contributed by atoms with Crippen LogP contribution in [0.25, 0.3) is 0 Å². The second-order valence-corrected chi connectivity index (χ2v) is 6.54. The van der Waals surface area contributed by atoms with Gasteiger partial charge in [0, 0.05) is 26.2 Å². The van der Waals surface area contributed by atoms with Crippen molar-refractivity contribution in [2.75, 3.05) is 6.54 Å². The molecule has 0 saturated heterocycles. The lowest BCUT2D eigenvalue weighted by Gasteiger charge is -2.17. The number of nitrogens with zero attached hydrogens (tertiary/aromatic N) is 5. The molecule has 0 aromatic carbocycles. The van der Waals surface area contributed by atoms with Crippen LogP contribution in [-0.2, 0) is 29.2 Å². The summed E-state index contributed by atoms with van der Waals surface area (Å²) in [6.45, 7) is 7.82. The Kier molecular flexibility index (Phi) is 4.87. The van der Waals surface area contributed by atoms with Crippen molar-refractivity contribution in [3.05, 3.63) is 35.4 Å². The van der Waals surface area contributed by atoms with Crippen molar-refractivity contribution in [2.24, 2.45) is 0 Å². The molecule has 134 valence electrons. The first-order valence-electron chi connectivity index (χ1n) is 8.53. The molecule has 3 rings (SSSR count). The molecule has 0 saturated carbocycles. The minimum Gasteiger partial charge on any atom is -0.349 e. The molecule has 2 aromatic heterocycles. The first-order valence-corrected chi connectivity index (χ1v) is 8.53. The summed E-state index contributed by atoms with van der Waals surface area (Å²) < 4.78 is 3.59.